The molecule has 7 heteroatoms. The van der Waals surface area contributed by atoms with Crippen LogP contribution in [0, 0.1) is 0 Å². The van der Waals surface area contributed by atoms with Crippen molar-refractivity contribution < 1.29 is 13.5 Å². The van der Waals surface area contributed by atoms with Crippen molar-refractivity contribution in [2.45, 2.75) is 18.9 Å². The van der Waals surface area contributed by atoms with Crippen molar-refractivity contribution in [3.63, 3.8) is 0 Å². The van der Waals surface area contributed by atoms with E-state index in [9.17, 15) is 8.42 Å². The van der Waals surface area contributed by atoms with Gasteiger partial charge < -0.3 is 5.11 Å². The molecule has 0 radical (unpaired) electrons. The Balaban J connectivity index is 1.96. The fourth-order valence-electron chi connectivity index (χ4n) is 1.62. The van der Waals surface area contributed by atoms with E-state index >= 15 is 0 Å². The molecular weight excluding hydrogens is 278 g/mol. The van der Waals surface area contributed by atoms with E-state index in [2.05, 4.69) is 14.9 Å². The summed E-state index contributed by atoms with van der Waals surface area (Å²) in [5.41, 5.74) is 1.97. The maximum atomic E-state index is 11.9. The minimum Gasteiger partial charge on any atom is -0.392 e. The summed E-state index contributed by atoms with van der Waals surface area (Å²) in [7, 11) is -3.43. The maximum Gasteiger partial charge on any atom is 0.216 e. The van der Waals surface area contributed by atoms with E-state index in [0.29, 0.717) is 11.3 Å². The molecule has 1 aromatic heterocycles. The van der Waals surface area contributed by atoms with Crippen molar-refractivity contribution in [3.05, 3.63) is 59.4 Å². The van der Waals surface area contributed by atoms with Crippen LogP contribution in [0.4, 0.5) is 0 Å². The molecule has 0 aliphatic rings. The number of aliphatic hydroxyl groups excluding tert-OH is 1. The van der Waals surface area contributed by atoms with Gasteiger partial charge in [0.25, 0.3) is 0 Å². The van der Waals surface area contributed by atoms with E-state index in [0.717, 1.165) is 5.56 Å². The first-order valence-corrected chi connectivity index (χ1v) is 7.67. The summed E-state index contributed by atoms with van der Waals surface area (Å²) in [6, 6.07) is 10.2. The molecule has 0 amide bonds. The van der Waals surface area contributed by atoms with Crippen LogP contribution in [-0.4, -0.2) is 23.7 Å². The topological polar surface area (TPSA) is 92.2 Å². The maximum absolute atomic E-state index is 11.9. The molecule has 0 atom stereocenters. The smallest absolute Gasteiger partial charge is 0.216 e. The minimum atomic E-state index is -3.43. The van der Waals surface area contributed by atoms with Crippen molar-refractivity contribution in [1.29, 1.82) is 0 Å². The van der Waals surface area contributed by atoms with Crippen molar-refractivity contribution in [3.8, 4) is 0 Å². The van der Waals surface area contributed by atoms with Gasteiger partial charge in [0.15, 0.2) is 0 Å². The number of hydrogen-bond acceptors (Lipinski definition) is 5. The highest BCUT2D eigenvalue weighted by molar-refractivity contribution is 7.88. The van der Waals surface area contributed by atoms with E-state index in [1.807, 2.05) is 0 Å². The molecule has 0 unspecified atom stereocenters. The molecule has 0 saturated heterocycles. The minimum absolute atomic E-state index is 0.0576. The van der Waals surface area contributed by atoms with Gasteiger partial charge in [0.1, 0.15) is 0 Å². The Kier molecular flexibility index (Phi) is 4.78. The van der Waals surface area contributed by atoms with E-state index < -0.39 is 10.0 Å². The molecule has 2 N–H and O–H groups in total. The molecule has 2 aromatic rings. The lowest BCUT2D eigenvalue weighted by atomic mass is 10.2. The van der Waals surface area contributed by atoms with E-state index in [1.54, 1.807) is 36.4 Å². The number of nitrogens with zero attached hydrogens (tertiary/aromatic N) is 2. The molecule has 1 heterocycles. The average Bonchev–Trinajstić information content (AvgIpc) is 2.47. The predicted octanol–water partition coefficient (Wildman–Crippen LogP) is 0.589. The van der Waals surface area contributed by atoms with Crippen LogP contribution in [0.1, 0.15) is 16.8 Å². The first kappa shape index (κ1) is 14.6. The molecule has 20 heavy (non-hydrogen) atoms. The zero-order valence-electron chi connectivity index (χ0n) is 10.7. The molecule has 2 rings (SSSR count). The van der Waals surface area contributed by atoms with Crippen LogP contribution in [0.3, 0.4) is 0 Å². The second-order valence-electron chi connectivity index (χ2n) is 4.27. The number of aliphatic hydroxyl groups is 1. The first-order chi connectivity index (χ1) is 9.59. The van der Waals surface area contributed by atoms with Crippen LogP contribution in [0.2, 0.25) is 0 Å². The largest absolute Gasteiger partial charge is 0.392 e. The lowest BCUT2D eigenvalue weighted by Gasteiger charge is -2.06. The number of rotatable bonds is 6. The molecule has 6 nitrogen and oxygen atoms in total. The third kappa shape index (κ3) is 4.37. The highest BCUT2D eigenvalue weighted by atomic mass is 32.2. The normalized spacial score (nSPS) is 11.4. The van der Waals surface area contributed by atoms with Gasteiger partial charge in [-0.1, -0.05) is 24.3 Å². The third-order valence-electron chi connectivity index (χ3n) is 2.66. The van der Waals surface area contributed by atoms with E-state index in [1.165, 1.54) is 6.20 Å². The van der Waals surface area contributed by atoms with Crippen molar-refractivity contribution in [1.82, 2.24) is 14.9 Å². The third-order valence-corrected chi connectivity index (χ3v) is 3.96. The Hall–Kier alpha value is -1.83. The van der Waals surface area contributed by atoms with Gasteiger partial charge in [-0.25, -0.2) is 13.1 Å². The number of nitrogens with one attached hydrogen (secondary N) is 1. The second-order valence-corrected chi connectivity index (χ2v) is 6.08. The number of aromatic nitrogens is 2. The fraction of sp³-hybridized carbons (Fsp3) is 0.231. The van der Waals surface area contributed by atoms with Crippen molar-refractivity contribution in [2.24, 2.45) is 0 Å². The summed E-state index contributed by atoms with van der Waals surface area (Å²) in [5, 5.41) is 16.4. The molecule has 0 aliphatic carbocycles. The van der Waals surface area contributed by atoms with Gasteiger partial charge in [0, 0.05) is 6.20 Å². The molecular formula is C13H15N3O3S. The van der Waals surface area contributed by atoms with Crippen molar-refractivity contribution in [2.75, 3.05) is 0 Å². The second kappa shape index (κ2) is 6.56. The lowest BCUT2D eigenvalue weighted by molar-refractivity contribution is 0.282. The quantitative estimate of drug-likeness (QED) is 0.813. The molecule has 0 saturated carbocycles. The zero-order valence-corrected chi connectivity index (χ0v) is 11.5. The number of benzene rings is 1. The first-order valence-electron chi connectivity index (χ1n) is 6.02. The highest BCUT2D eigenvalue weighted by Crippen LogP contribution is 2.08. The highest BCUT2D eigenvalue weighted by Gasteiger charge is 2.11. The van der Waals surface area contributed by atoms with E-state index in [-0.39, 0.29) is 18.9 Å². The van der Waals surface area contributed by atoms with Gasteiger partial charge in [-0.15, -0.1) is 0 Å². The van der Waals surface area contributed by atoms with Crippen LogP contribution in [-0.2, 0) is 28.9 Å². The summed E-state index contributed by atoms with van der Waals surface area (Å²) in [6.07, 6.45) is 1.53. The van der Waals surface area contributed by atoms with Crippen LogP contribution < -0.4 is 4.72 Å². The van der Waals surface area contributed by atoms with Gasteiger partial charge in [0.05, 0.1) is 24.6 Å². The van der Waals surface area contributed by atoms with Crippen LogP contribution >= 0.6 is 0 Å². The van der Waals surface area contributed by atoms with E-state index in [4.69, 9.17) is 5.11 Å². The molecule has 0 aliphatic heterocycles. The van der Waals surface area contributed by atoms with Crippen LogP contribution in [0.25, 0.3) is 0 Å². The average molecular weight is 293 g/mol. The van der Waals surface area contributed by atoms with Crippen LogP contribution in [0.5, 0.6) is 0 Å². The SMILES string of the molecule is O=S(=O)(Cc1ccc(CO)cc1)NCc1cccnn1. The monoisotopic (exact) mass is 293 g/mol. The van der Waals surface area contributed by atoms with Gasteiger partial charge in [-0.3, -0.25) is 0 Å². The molecule has 106 valence electrons. The lowest BCUT2D eigenvalue weighted by Crippen LogP contribution is -2.25. The zero-order chi connectivity index (χ0) is 14.4. The van der Waals surface area contributed by atoms with Crippen molar-refractivity contribution >= 4 is 10.0 Å². The van der Waals surface area contributed by atoms with Gasteiger partial charge in [-0.05, 0) is 23.3 Å². The Morgan fingerprint density at radius 3 is 2.40 bits per heavy atom. The number of hydrogen-bond donors (Lipinski definition) is 2. The summed E-state index contributed by atoms with van der Waals surface area (Å²) < 4.78 is 26.3. The van der Waals surface area contributed by atoms with Gasteiger partial charge in [-0.2, -0.15) is 10.2 Å². The predicted molar refractivity (Wildman–Crippen MR) is 73.9 cm³/mol. The summed E-state index contributed by atoms with van der Waals surface area (Å²) >= 11 is 0. The summed E-state index contributed by atoms with van der Waals surface area (Å²) in [5.74, 6) is -0.112. The summed E-state index contributed by atoms with van der Waals surface area (Å²) in [4.78, 5) is 0. The van der Waals surface area contributed by atoms with Crippen LogP contribution in [0.15, 0.2) is 42.6 Å². The standard InChI is InChI=1S/C13H15N3O3S/c17-9-11-3-5-12(6-4-11)10-20(18,19)15-8-13-2-1-7-14-16-13/h1-7,15,17H,8-10H2. The Labute approximate surface area is 117 Å². The Morgan fingerprint density at radius 1 is 1.10 bits per heavy atom. The Bertz CT molecular complexity index is 642. The Morgan fingerprint density at radius 2 is 1.80 bits per heavy atom. The van der Waals surface area contributed by atoms with Gasteiger partial charge in [0.2, 0.25) is 10.0 Å². The molecule has 0 fully saturated rings. The molecule has 0 bridgehead atoms. The van der Waals surface area contributed by atoms with Gasteiger partial charge >= 0.3 is 0 Å². The fourth-order valence-corrected chi connectivity index (χ4v) is 2.72. The number of sulfonamides is 1. The molecule has 1 aromatic carbocycles. The summed E-state index contributed by atoms with van der Waals surface area (Å²) in [6.45, 7) is 0.0584. The molecule has 0 spiro atoms.